The first kappa shape index (κ1) is 15.2. The number of ether oxygens (including phenoxy) is 3. The Hall–Kier alpha value is -2.21. The van der Waals surface area contributed by atoms with Crippen LogP contribution in [0.3, 0.4) is 0 Å². The molecule has 0 aliphatic heterocycles. The van der Waals surface area contributed by atoms with Crippen LogP contribution in [0.15, 0.2) is 24.5 Å². The van der Waals surface area contributed by atoms with Gasteiger partial charge >= 0.3 is 0 Å². The van der Waals surface area contributed by atoms with E-state index >= 15 is 0 Å². The fourth-order valence-electron chi connectivity index (χ4n) is 1.92. The predicted octanol–water partition coefficient (Wildman–Crippen LogP) is 2.77. The molecule has 0 saturated carbocycles. The van der Waals surface area contributed by atoms with Gasteiger partial charge in [-0.15, -0.1) is 0 Å². The lowest BCUT2D eigenvalue weighted by atomic mass is 10.1. The molecule has 1 N–H and O–H groups in total. The summed E-state index contributed by atoms with van der Waals surface area (Å²) < 4.78 is 16.0. The first-order valence-electron chi connectivity index (χ1n) is 6.18. The highest BCUT2D eigenvalue weighted by atomic mass is 35.5. The highest BCUT2D eigenvalue weighted by Gasteiger charge is 2.15. The Morgan fingerprint density at radius 3 is 2.43 bits per heavy atom. The normalized spacial score (nSPS) is 10.1. The van der Waals surface area contributed by atoms with Crippen LogP contribution in [0.4, 0.5) is 5.82 Å². The second-order valence-corrected chi connectivity index (χ2v) is 4.46. The van der Waals surface area contributed by atoms with Gasteiger partial charge in [0.2, 0.25) is 5.75 Å². The summed E-state index contributed by atoms with van der Waals surface area (Å²) in [5, 5.41) is 3.46. The van der Waals surface area contributed by atoms with E-state index in [0.717, 1.165) is 5.56 Å². The molecule has 0 atom stereocenters. The maximum atomic E-state index is 5.80. The zero-order valence-electron chi connectivity index (χ0n) is 12.0. The Labute approximate surface area is 128 Å². The molecule has 0 fully saturated rings. The van der Waals surface area contributed by atoms with Gasteiger partial charge in [0, 0.05) is 12.1 Å². The van der Waals surface area contributed by atoms with Gasteiger partial charge in [-0.05, 0) is 12.1 Å². The monoisotopic (exact) mass is 309 g/mol. The van der Waals surface area contributed by atoms with Crippen molar-refractivity contribution in [3.63, 3.8) is 0 Å². The minimum absolute atomic E-state index is 0.333. The van der Waals surface area contributed by atoms with Crippen molar-refractivity contribution in [2.75, 3.05) is 26.6 Å². The highest BCUT2D eigenvalue weighted by Crippen LogP contribution is 2.39. The molecule has 0 unspecified atom stereocenters. The van der Waals surface area contributed by atoms with Crippen molar-refractivity contribution in [1.29, 1.82) is 0 Å². The number of hydrogen-bond acceptors (Lipinski definition) is 6. The number of halogens is 1. The van der Waals surface area contributed by atoms with Gasteiger partial charge in [0.15, 0.2) is 11.5 Å². The second kappa shape index (κ2) is 6.99. The molecule has 0 spiro atoms. The first-order valence-corrected chi connectivity index (χ1v) is 6.56. The van der Waals surface area contributed by atoms with Gasteiger partial charge in [-0.1, -0.05) is 11.6 Å². The van der Waals surface area contributed by atoms with Crippen LogP contribution in [0, 0.1) is 0 Å². The van der Waals surface area contributed by atoms with Crippen molar-refractivity contribution < 1.29 is 14.2 Å². The molecular weight excluding hydrogens is 294 g/mol. The number of aromatic nitrogens is 2. The van der Waals surface area contributed by atoms with Gasteiger partial charge in [0.1, 0.15) is 11.0 Å². The molecule has 0 saturated heterocycles. The molecule has 0 aliphatic rings. The first-order chi connectivity index (χ1) is 10.2. The molecule has 0 amide bonds. The van der Waals surface area contributed by atoms with Gasteiger partial charge in [-0.3, -0.25) is 4.98 Å². The molecular formula is C14H16ClN3O3. The lowest BCUT2D eigenvalue weighted by Crippen LogP contribution is -2.05. The maximum absolute atomic E-state index is 5.80. The lowest BCUT2D eigenvalue weighted by Gasteiger charge is -2.16. The number of nitrogens with one attached hydrogen (secondary N) is 1. The summed E-state index contributed by atoms with van der Waals surface area (Å²) in [6.45, 7) is 0.485. The maximum Gasteiger partial charge on any atom is 0.203 e. The van der Waals surface area contributed by atoms with Crippen molar-refractivity contribution in [2.45, 2.75) is 6.54 Å². The van der Waals surface area contributed by atoms with Crippen LogP contribution in [0.5, 0.6) is 17.2 Å². The molecule has 0 radical (unpaired) electrons. The van der Waals surface area contributed by atoms with E-state index in [1.54, 1.807) is 27.5 Å². The largest absolute Gasteiger partial charge is 0.493 e. The fourth-order valence-corrected chi connectivity index (χ4v) is 2.06. The minimum atomic E-state index is 0.333. The van der Waals surface area contributed by atoms with Gasteiger partial charge in [0.05, 0.1) is 33.7 Å². The average Bonchev–Trinajstić information content (AvgIpc) is 2.51. The standard InChI is InChI=1S/C14H16ClN3O3/c1-19-10-5-4-9(13(20-2)14(10)21-3)6-17-12-8-16-7-11(15)18-12/h4-5,7-8H,6H2,1-3H3,(H,17,18). The van der Waals surface area contributed by atoms with Crippen molar-refractivity contribution in [3.8, 4) is 17.2 Å². The van der Waals surface area contributed by atoms with E-state index in [4.69, 9.17) is 25.8 Å². The van der Waals surface area contributed by atoms with Crippen LogP contribution in [0.2, 0.25) is 5.15 Å². The van der Waals surface area contributed by atoms with Crippen molar-refractivity contribution >= 4 is 17.4 Å². The van der Waals surface area contributed by atoms with Gasteiger partial charge in [-0.2, -0.15) is 0 Å². The van der Waals surface area contributed by atoms with Crippen LogP contribution < -0.4 is 19.5 Å². The summed E-state index contributed by atoms with van der Waals surface area (Å²) in [7, 11) is 4.73. The lowest BCUT2D eigenvalue weighted by molar-refractivity contribution is 0.322. The average molecular weight is 310 g/mol. The molecule has 21 heavy (non-hydrogen) atoms. The van der Waals surface area contributed by atoms with E-state index in [9.17, 15) is 0 Å². The van der Waals surface area contributed by atoms with Crippen molar-refractivity contribution in [1.82, 2.24) is 9.97 Å². The zero-order chi connectivity index (χ0) is 15.2. The third kappa shape index (κ3) is 3.46. The fraction of sp³-hybridized carbons (Fsp3) is 0.286. The smallest absolute Gasteiger partial charge is 0.203 e. The summed E-state index contributed by atoms with van der Waals surface area (Å²) in [5.41, 5.74) is 0.900. The molecule has 0 bridgehead atoms. The van der Waals surface area contributed by atoms with Crippen LogP contribution in [-0.2, 0) is 6.54 Å². The summed E-state index contributed by atoms with van der Waals surface area (Å²) in [6, 6.07) is 3.72. The molecule has 1 heterocycles. The third-order valence-electron chi connectivity index (χ3n) is 2.85. The van der Waals surface area contributed by atoms with Crippen molar-refractivity contribution in [2.24, 2.45) is 0 Å². The number of hydrogen-bond donors (Lipinski definition) is 1. The Bertz CT molecular complexity index is 622. The third-order valence-corrected chi connectivity index (χ3v) is 3.03. The Balaban J connectivity index is 2.23. The van der Waals surface area contributed by atoms with Gasteiger partial charge in [-0.25, -0.2) is 4.98 Å². The molecule has 2 aromatic rings. The predicted molar refractivity (Wildman–Crippen MR) is 80.5 cm³/mol. The molecule has 2 rings (SSSR count). The van der Waals surface area contributed by atoms with Gasteiger partial charge < -0.3 is 19.5 Å². The Morgan fingerprint density at radius 2 is 1.81 bits per heavy atom. The highest BCUT2D eigenvalue weighted by molar-refractivity contribution is 6.29. The quantitative estimate of drug-likeness (QED) is 0.885. The summed E-state index contributed by atoms with van der Waals surface area (Å²) in [6.07, 6.45) is 3.07. The molecule has 0 aliphatic carbocycles. The van der Waals surface area contributed by atoms with E-state index in [0.29, 0.717) is 34.8 Å². The Kier molecular flexibility index (Phi) is 5.05. The van der Waals surface area contributed by atoms with E-state index < -0.39 is 0 Å². The summed E-state index contributed by atoms with van der Waals surface area (Å²) >= 11 is 5.80. The van der Waals surface area contributed by atoms with Crippen molar-refractivity contribution in [3.05, 3.63) is 35.2 Å². The van der Waals surface area contributed by atoms with Crippen LogP contribution in [0.1, 0.15) is 5.56 Å². The molecule has 7 heteroatoms. The van der Waals surface area contributed by atoms with E-state index in [1.807, 2.05) is 12.1 Å². The second-order valence-electron chi connectivity index (χ2n) is 4.07. The molecule has 6 nitrogen and oxygen atoms in total. The topological polar surface area (TPSA) is 65.5 Å². The zero-order valence-corrected chi connectivity index (χ0v) is 12.8. The number of rotatable bonds is 6. The number of nitrogens with zero attached hydrogens (tertiary/aromatic N) is 2. The summed E-state index contributed by atoms with van der Waals surface area (Å²) in [5.74, 6) is 2.36. The molecule has 112 valence electrons. The van der Waals surface area contributed by atoms with Crippen LogP contribution in [-0.4, -0.2) is 31.3 Å². The van der Waals surface area contributed by atoms with Crippen LogP contribution in [0.25, 0.3) is 0 Å². The number of anilines is 1. The number of methoxy groups -OCH3 is 3. The summed E-state index contributed by atoms with van der Waals surface area (Å²) in [4.78, 5) is 8.08. The molecule has 1 aromatic carbocycles. The minimum Gasteiger partial charge on any atom is -0.493 e. The number of benzene rings is 1. The van der Waals surface area contributed by atoms with E-state index in [-0.39, 0.29) is 0 Å². The Morgan fingerprint density at radius 1 is 1.05 bits per heavy atom. The molecule has 1 aromatic heterocycles. The van der Waals surface area contributed by atoms with E-state index in [1.165, 1.54) is 6.20 Å². The van der Waals surface area contributed by atoms with Gasteiger partial charge in [0.25, 0.3) is 0 Å². The van der Waals surface area contributed by atoms with Crippen LogP contribution >= 0.6 is 11.6 Å². The van der Waals surface area contributed by atoms with E-state index in [2.05, 4.69) is 15.3 Å². The SMILES string of the molecule is COc1ccc(CNc2cncc(Cl)n2)c(OC)c1OC.